The van der Waals surface area contributed by atoms with Crippen LogP contribution >= 0.6 is 0 Å². The van der Waals surface area contributed by atoms with Crippen molar-refractivity contribution in [2.75, 3.05) is 5.32 Å². The summed E-state index contributed by atoms with van der Waals surface area (Å²) in [5.74, 6) is -0.680. The van der Waals surface area contributed by atoms with Gasteiger partial charge in [-0.15, -0.1) is 0 Å². The van der Waals surface area contributed by atoms with Gasteiger partial charge in [0.2, 0.25) is 0 Å². The van der Waals surface area contributed by atoms with Gasteiger partial charge >= 0.3 is 5.97 Å². The van der Waals surface area contributed by atoms with Crippen molar-refractivity contribution in [3.63, 3.8) is 0 Å². The monoisotopic (exact) mass is 342 g/mol. The molecule has 25 heavy (non-hydrogen) atoms. The number of anilines is 2. The van der Waals surface area contributed by atoms with E-state index in [9.17, 15) is 19.7 Å². The normalized spacial score (nSPS) is 10.4. The molecule has 7 heteroatoms. The SMILES string of the molecule is CC(=O)c1ccc(Nc2ccc(C(=O)OC(C)C)cc2)c([N+](=O)[O-])c1. The summed E-state index contributed by atoms with van der Waals surface area (Å²) < 4.78 is 5.10. The lowest BCUT2D eigenvalue weighted by atomic mass is 10.1. The smallest absolute Gasteiger partial charge is 0.338 e. The molecule has 0 amide bonds. The van der Waals surface area contributed by atoms with Crippen LogP contribution in [0.3, 0.4) is 0 Å². The van der Waals surface area contributed by atoms with Crippen LogP contribution in [0.15, 0.2) is 42.5 Å². The number of nitro benzene ring substituents is 1. The molecule has 0 aliphatic carbocycles. The Kier molecular flexibility index (Phi) is 5.49. The molecule has 0 atom stereocenters. The fourth-order valence-corrected chi connectivity index (χ4v) is 2.13. The molecule has 0 heterocycles. The summed E-state index contributed by atoms with van der Waals surface area (Å²) in [6.45, 7) is 4.87. The molecule has 0 aliphatic heterocycles. The van der Waals surface area contributed by atoms with Gasteiger partial charge in [0.25, 0.3) is 5.69 Å². The van der Waals surface area contributed by atoms with Gasteiger partial charge in [0, 0.05) is 17.3 Å². The van der Waals surface area contributed by atoms with E-state index in [0.29, 0.717) is 11.3 Å². The van der Waals surface area contributed by atoms with Gasteiger partial charge in [0.1, 0.15) is 5.69 Å². The number of Topliss-reactive ketones (excluding diaryl/α,β-unsaturated/α-hetero) is 1. The lowest BCUT2D eigenvalue weighted by Crippen LogP contribution is -2.11. The Bertz CT molecular complexity index is 813. The summed E-state index contributed by atoms with van der Waals surface area (Å²) in [7, 11) is 0. The second kappa shape index (κ2) is 7.57. The van der Waals surface area contributed by atoms with Crippen molar-refractivity contribution in [2.45, 2.75) is 26.9 Å². The number of nitro groups is 1. The Balaban J connectivity index is 2.23. The van der Waals surface area contributed by atoms with Gasteiger partial charge in [-0.3, -0.25) is 14.9 Å². The molecule has 0 saturated heterocycles. The van der Waals surface area contributed by atoms with Crippen LogP contribution in [0.2, 0.25) is 0 Å². The zero-order valence-corrected chi connectivity index (χ0v) is 14.1. The van der Waals surface area contributed by atoms with Crippen molar-refractivity contribution in [1.82, 2.24) is 0 Å². The number of nitrogens with one attached hydrogen (secondary N) is 1. The Morgan fingerprint density at radius 2 is 1.68 bits per heavy atom. The first-order valence-electron chi connectivity index (χ1n) is 7.65. The van der Waals surface area contributed by atoms with E-state index < -0.39 is 10.9 Å². The second-order valence-corrected chi connectivity index (χ2v) is 5.70. The highest BCUT2D eigenvalue weighted by Gasteiger charge is 2.16. The number of hydrogen-bond donors (Lipinski definition) is 1. The van der Waals surface area contributed by atoms with Crippen LogP contribution < -0.4 is 5.32 Å². The van der Waals surface area contributed by atoms with Crippen LogP contribution in [0, 0.1) is 10.1 Å². The molecule has 0 spiro atoms. The Morgan fingerprint density at radius 1 is 1.08 bits per heavy atom. The molecule has 0 bridgehead atoms. The summed E-state index contributed by atoms with van der Waals surface area (Å²) in [4.78, 5) is 33.9. The maximum atomic E-state index is 11.8. The highest BCUT2D eigenvalue weighted by atomic mass is 16.6. The second-order valence-electron chi connectivity index (χ2n) is 5.70. The number of rotatable bonds is 6. The molecule has 130 valence electrons. The molecule has 0 radical (unpaired) electrons. The predicted molar refractivity (Wildman–Crippen MR) is 93.4 cm³/mol. The standard InChI is InChI=1S/C18H18N2O5/c1-11(2)25-18(22)13-4-7-15(8-5-13)19-16-9-6-14(12(3)21)10-17(16)20(23)24/h4-11,19H,1-3H3. The van der Waals surface area contributed by atoms with Crippen molar-refractivity contribution in [1.29, 1.82) is 0 Å². The van der Waals surface area contributed by atoms with Gasteiger partial charge in [-0.2, -0.15) is 0 Å². The van der Waals surface area contributed by atoms with Gasteiger partial charge in [-0.25, -0.2) is 4.79 Å². The predicted octanol–water partition coefficient (Wildman–Crippen LogP) is 4.11. The van der Waals surface area contributed by atoms with E-state index >= 15 is 0 Å². The molecule has 1 N–H and O–H groups in total. The zero-order chi connectivity index (χ0) is 18.6. The zero-order valence-electron chi connectivity index (χ0n) is 14.1. The first-order chi connectivity index (χ1) is 11.8. The summed E-state index contributed by atoms with van der Waals surface area (Å²) in [6, 6.07) is 10.6. The quantitative estimate of drug-likeness (QED) is 0.367. The molecule has 0 aliphatic rings. The molecule has 0 saturated carbocycles. The molecule has 0 unspecified atom stereocenters. The summed E-state index contributed by atoms with van der Waals surface area (Å²) >= 11 is 0. The lowest BCUT2D eigenvalue weighted by Gasteiger charge is -2.10. The average Bonchev–Trinajstić information content (AvgIpc) is 2.54. The van der Waals surface area contributed by atoms with Crippen molar-refractivity contribution < 1.29 is 19.2 Å². The van der Waals surface area contributed by atoms with Crippen LogP contribution in [0.25, 0.3) is 0 Å². The highest BCUT2D eigenvalue weighted by molar-refractivity contribution is 5.96. The number of carbonyl (C=O) groups is 2. The lowest BCUT2D eigenvalue weighted by molar-refractivity contribution is -0.383. The molecule has 2 aromatic carbocycles. The third-order valence-corrected chi connectivity index (χ3v) is 3.34. The van der Waals surface area contributed by atoms with Gasteiger partial charge in [0.05, 0.1) is 16.6 Å². The molecule has 2 aromatic rings. The van der Waals surface area contributed by atoms with E-state index in [-0.39, 0.29) is 28.8 Å². The van der Waals surface area contributed by atoms with Gasteiger partial charge in [-0.1, -0.05) is 0 Å². The van der Waals surface area contributed by atoms with Gasteiger partial charge in [0.15, 0.2) is 5.78 Å². The topological polar surface area (TPSA) is 98.5 Å². The first-order valence-corrected chi connectivity index (χ1v) is 7.65. The number of benzene rings is 2. The van der Waals surface area contributed by atoms with Crippen LogP contribution in [-0.2, 0) is 4.74 Å². The number of nitrogens with zero attached hydrogens (tertiary/aromatic N) is 1. The summed E-state index contributed by atoms with van der Waals surface area (Å²) in [5, 5.41) is 14.1. The van der Waals surface area contributed by atoms with Gasteiger partial charge in [-0.05, 0) is 57.2 Å². The van der Waals surface area contributed by atoms with E-state index in [1.54, 1.807) is 38.1 Å². The Morgan fingerprint density at radius 3 is 2.20 bits per heavy atom. The van der Waals surface area contributed by atoms with Crippen LogP contribution in [-0.4, -0.2) is 22.8 Å². The van der Waals surface area contributed by atoms with Crippen molar-refractivity contribution >= 4 is 28.8 Å². The minimum Gasteiger partial charge on any atom is -0.459 e. The van der Waals surface area contributed by atoms with E-state index in [1.807, 2.05) is 0 Å². The van der Waals surface area contributed by atoms with E-state index in [0.717, 1.165) is 0 Å². The van der Waals surface area contributed by atoms with Crippen molar-refractivity contribution in [2.24, 2.45) is 0 Å². The van der Waals surface area contributed by atoms with E-state index in [4.69, 9.17) is 4.74 Å². The van der Waals surface area contributed by atoms with Crippen LogP contribution in [0.1, 0.15) is 41.5 Å². The third kappa shape index (κ3) is 4.63. The molecule has 0 fully saturated rings. The molecular weight excluding hydrogens is 324 g/mol. The van der Waals surface area contributed by atoms with Crippen LogP contribution in [0.4, 0.5) is 17.1 Å². The fraction of sp³-hybridized carbons (Fsp3) is 0.222. The molecular formula is C18H18N2O5. The Labute approximate surface area is 144 Å². The minimum absolute atomic E-state index is 0.198. The number of hydrogen-bond acceptors (Lipinski definition) is 6. The van der Waals surface area contributed by atoms with Crippen molar-refractivity contribution in [3.8, 4) is 0 Å². The molecule has 0 aromatic heterocycles. The van der Waals surface area contributed by atoms with Crippen molar-refractivity contribution in [3.05, 3.63) is 63.7 Å². The van der Waals surface area contributed by atoms with Crippen LogP contribution in [0.5, 0.6) is 0 Å². The average molecular weight is 342 g/mol. The number of ether oxygens (including phenoxy) is 1. The fourth-order valence-electron chi connectivity index (χ4n) is 2.13. The third-order valence-electron chi connectivity index (χ3n) is 3.34. The number of esters is 1. The molecule has 7 nitrogen and oxygen atoms in total. The van der Waals surface area contributed by atoms with E-state index in [1.165, 1.54) is 25.1 Å². The van der Waals surface area contributed by atoms with Gasteiger partial charge < -0.3 is 10.1 Å². The van der Waals surface area contributed by atoms with E-state index in [2.05, 4.69) is 5.32 Å². The first kappa shape index (κ1) is 18.1. The Hall–Kier alpha value is -3.22. The molecule has 2 rings (SSSR count). The summed E-state index contributed by atoms with van der Waals surface area (Å²) in [5.41, 5.74) is 1.29. The highest BCUT2D eigenvalue weighted by Crippen LogP contribution is 2.29. The number of ketones is 1. The maximum Gasteiger partial charge on any atom is 0.338 e. The number of carbonyl (C=O) groups excluding carboxylic acids is 2. The minimum atomic E-state index is -0.552. The summed E-state index contributed by atoms with van der Waals surface area (Å²) in [6.07, 6.45) is -0.215. The largest absolute Gasteiger partial charge is 0.459 e. The maximum absolute atomic E-state index is 11.8.